The van der Waals surface area contributed by atoms with Crippen molar-refractivity contribution in [2.75, 3.05) is 4.90 Å². The van der Waals surface area contributed by atoms with Crippen LogP contribution >= 0.6 is 0 Å². The summed E-state index contributed by atoms with van der Waals surface area (Å²) in [6, 6.07) is 18.0. The minimum absolute atomic E-state index is 0.951. The maximum Gasteiger partial charge on any atom is 0.142 e. The van der Waals surface area contributed by atoms with Gasteiger partial charge in [0.2, 0.25) is 0 Å². The Morgan fingerprint density at radius 2 is 1.44 bits per heavy atom. The monoisotopic (exact) mass is 241 g/mol. The van der Waals surface area contributed by atoms with Gasteiger partial charge >= 0.3 is 0 Å². The Bertz CT molecular complexity index is 515. The second kappa shape index (κ2) is 4.80. The van der Waals surface area contributed by atoms with Gasteiger partial charge in [0, 0.05) is 11.4 Å². The van der Waals surface area contributed by atoms with Crippen LogP contribution in [0.4, 0.5) is 11.4 Å². The van der Waals surface area contributed by atoms with Gasteiger partial charge in [0.1, 0.15) is 5.79 Å². The SMILES string of the molecule is Cc1ccccc1N(c1ccccc1)C(C)(N)N. The quantitative estimate of drug-likeness (QED) is 0.812. The number of rotatable bonds is 3. The average molecular weight is 241 g/mol. The summed E-state index contributed by atoms with van der Waals surface area (Å²) >= 11 is 0. The van der Waals surface area contributed by atoms with Crippen molar-refractivity contribution in [2.24, 2.45) is 11.5 Å². The van der Waals surface area contributed by atoms with Gasteiger partial charge in [-0.25, -0.2) is 0 Å². The van der Waals surface area contributed by atoms with Gasteiger partial charge in [0.05, 0.1) is 0 Å². The molecule has 18 heavy (non-hydrogen) atoms. The minimum atomic E-state index is -0.951. The van der Waals surface area contributed by atoms with E-state index >= 15 is 0 Å². The van der Waals surface area contributed by atoms with E-state index in [2.05, 4.69) is 13.0 Å². The van der Waals surface area contributed by atoms with Gasteiger partial charge in [0.25, 0.3) is 0 Å². The molecule has 2 rings (SSSR count). The fraction of sp³-hybridized carbons (Fsp3) is 0.200. The lowest BCUT2D eigenvalue weighted by Crippen LogP contribution is -2.59. The predicted molar refractivity (Wildman–Crippen MR) is 76.5 cm³/mol. The zero-order valence-corrected chi connectivity index (χ0v) is 10.8. The van der Waals surface area contributed by atoms with Crippen LogP contribution in [0.1, 0.15) is 12.5 Å². The van der Waals surface area contributed by atoms with Crippen molar-refractivity contribution >= 4 is 11.4 Å². The highest BCUT2D eigenvalue weighted by Crippen LogP contribution is 2.31. The Kier molecular flexibility index (Phi) is 3.36. The third-order valence-corrected chi connectivity index (χ3v) is 2.85. The first-order valence-electron chi connectivity index (χ1n) is 5.99. The molecule has 0 heterocycles. The summed E-state index contributed by atoms with van der Waals surface area (Å²) < 4.78 is 0. The molecule has 0 aliphatic carbocycles. The molecule has 0 aromatic heterocycles. The Morgan fingerprint density at radius 1 is 0.889 bits per heavy atom. The Labute approximate surface area is 108 Å². The van der Waals surface area contributed by atoms with E-state index in [0.29, 0.717) is 0 Å². The second-order valence-electron chi connectivity index (χ2n) is 4.68. The summed E-state index contributed by atoms with van der Waals surface area (Å²) in [5.41, 5.74) is 15.4. The summed E-state index contributed by atoms with van der Waals surface area (Å²) in [7, 11) is 0. The molecule has 0 saturated carbocycles. The number of anilines is 2. The maximum atomic E-state index is 6.12. The highest BCUT2D eigenvalue weighted by Gasteiger charge is 2.25. The van der Waals surface area contributed by atoms with Crippen molar-refractivity contribution in [2.45, 2.75) is 19.6 Å². The topological polar surface area (TPSA) is 55.3 Å². The van der Waals surface area contributed by atoms with Crippen LogP contribution in [0.2, 0.25) is 0 Å². The number of nitrogens with zero attached hydrogens (tertiary/aromatic N) is 1. The highest BCUT2D eigenvalue weighted by atomic mass is 15.4. The van der Waals surface area contributed by atoms with E-state index in [1.54, 1.807) is 6.92 Å². The van der Waals surface area contributed by atoms with Gasteiger partial charge < -0.3 is 4.90 Å². The molecular weight excluding hydrogens is 222 g/mol. The van der Waals surface area contributed by atoms with Crippen molar-refractivity contribution in [3.8, 4) is 0 Å². The van der Waals surface area contributed by atoms with E-state index in [4.69, 9.17) is 11.5 Å². The number of hydrogen-bond donors (Lipinski definition) is 2. The molecule has 94 valence electrons. The molecule has 2 aromatic carbocycles. The van der Waals surface area contributed by atoms with Crippen molar-refractivity contribution in [1.29, 1.82) is 0 Å². The smallest absolute Gasteiger partial charge is 0.142 e. The van der Waals surface area contributed by atoms with Crippen molar-refractivity contribution in [3.05, 3.63) is 60.2 Å². The van der Waals surface area contributed by atoms with E-state index < -0.39 is 5.79 Å². The fourth-order valence-corrected chi connectivity index (χ4v) is 2.07. The molecular formula is C15H19N3. The lowest BCUT2D eigenvalue weighted by Gasteiger charge is -2.37. The van der Waals surface area contributed by atoms with Crippen LogP contribution in [0.3, 0.4) is 0 Å². The standard InChI is InChI=1S/C15H19N3/c1-12-8-6-7-11-14(12)18(15(2,16)17)13-9-4-3-5-10-13/h3-11H,16-17H2,1-2H3. The van der Waals surface area contributed by atoms with Crippen molar-refractivity contribution < 1.29 is 0 Å². The lowest BCUT2D eigenvalue weighted by molar-refractivity contribution is 0.499. The summed E-state index contributed by atoms with van der Waals surface area (Å²) in [6.07, 6.45) is 0. The van der Waals surface area contributed by atoms with E-state index in [1.807, 2.05) is 53.4 Å². The molecule has 4 N–H and O–H groups in total. The summed E-state index contributed by atoms with van der Waals surface area (Å²) in [5, 5.41) is 0. The third-order valence-electron chi connectivity index (χ3n) is 2.85. The van der Waals surface area contributed by atoms with E-state index in [-0.39, 0.29) is 0 Å². The average Bonchev–Trinajstić information content (AvgIpc) is 2.32. The summed E-state index contributed by atoms with van der Waals surface area (Å²) in [5.74, 6) is -0.951. The van der Waals surface area contributed by atoms with Gasteiger partial charge in [-0.05, 0) is 37.6 Å². The van der Waals surface area contributed by atoms with E-state index in [9.17, 15) is 0 Å². The number of hydrogen-bond acceptors (Lipinski definition) is 3. The van der Waals surface area contributed by atoms with Gasteiger partial charge in [-0.1, -0.05) is 36.4 Å². The first kappa shape index (κ1) is 12.6. The largest absolute Gasteiger partial charge is 0.310 e. The molecule has 0 spiro atoms. The molecule has 0 saturated heterocycles. The molecule has 0 aliphatic heterocycles. The summed E-state index contributed by atoms with van der Waals surface area (Å²) in [4.78, 5) is 1.95. The zero-order chi connectivity index (χ0) is 13.2. The van der Waals surface area contributed by atoms with Crippen LogP contribution < -0.4 is 16.4 Å². The molecule has 0 bridgehead atoms. The van der Waals surface area contributed by atoms with Crippen LogP contribution in [-0.4, -0.2) is 5.79 Å². The van der Waals surface area contributed by atoms with E-state index in [1.165, 1.54) is 0 Å². The third kappa shape index (κ3) is 2.53. The number of aryl methyl sites for hydroxylation is 1. The maximum absolute atomic E-state index is 6.12. The molecule has 0 unspecified atom stereocenters. The van der Waals surface area contributed by atoms with E-state index in [0.717, 1.165) is 16.9 Å². The number of benzene rings is 2. The van der Waals surface area contributed by atoms with Gasteiger partial charge in [-0.15, -0.1) is 0 Å². The van der Waals surface area contributed by atoms with Gasteiger partial charge in [-0.3, -0.25) is 11.5 Å². The first-order chi connectivity index (χ1) is 8.50. The zero-order valence-electron chi connectivity index (χ0n) is 10.8. The van der Waals surface area contributed by atoms with Gasteiger partial charge in [-0.2, -0.15) is 0 Å². The molecule has 0 fully saturated rings. The second-order valence-corrected chi connectivity index (χ2v) is 4.68. The van der Waals surface area contributed by atoms with Crippen molar-refractivity contribution in [3.63, 3.8) is 0 Å². The number of nitrogens with two attached hydrogens (primary N) is 2. The molecule has 0 atom stereocenters. The summed E-state index contributed by atoms with van der Waals surface area (Å²) in [6.45, 7) is 3.85. The molecule has 0 radical (unpaired) electrons. The molecule has 2 aromatic rings. The van der Waals surface area contributed by atoms with Crippen LogP contribution in [0.25, 0.3) is 0 Å². The Balaban J connectivity index is 2.55. The van der Waals surface area contributed by atoms with Crippen LogP contribution in [-0.2, 0) is 0 Å². The fourth-order valence-electron chi connectivity index (χ4n) is 2.07. The Hall–Kier alpha value is -1.84. The Morgan fingerprint density at radius 3 is 2.00 bits per heavy atom. The van der Waals surface area contributed by atoms with Crippen LogP contribution in [0.15, 0.2) is 54.6 Å². The lowest BCUT2D eigenvalue weighted by atomic mass is 10.1. The van der Waals surface area contributed by atoms with Crippen LogP contribution in [0.5, 0.6) is 0 Å². The molecule has 0 aliphatic rings. The normalized spacial score (nSPS) is 11.3. The van der Waals surface area contributed by atoms with Crippen LogP contribution in [0, 0.1) is 6.92 Å². The van der Waals surface area contributed by atoms with Gasteiger partial charge in [0.15, 0.2) is 0 Å². The highest BCUT2D eigenvalue weighted by molar-refractivity contribution is 5.67. The van der Waals surface area contributed by atoms with Crippen molar-refractivity contribution in [1.82, 2.24) is 0 Å². The molecule has 3 nitrogen and oxygen atoms in total. The minimum Gasteiger partial charge on any atom is -0.310 e. The molecule has 3 heteroatoms. The first-order valence-corrected chi connectivity index (χ1v) is 5.99. The molecule has 0 amide bonds. The number of para-hydroxylation sites is 2. The predicted octanol–water partition coefficient (Wildman–Crippen LogP) is 2.72.